The Labute approximate surface area is 184 Å². The third-order valence-corrected chi connectivity index (χ3v) is 6.17. The second-order valence-corrected chi connectivity index (χ2v) is 8.22. The quantitative estimate of drug-likeness (QED) is 0.234. The number of hydrazine groups is 1. The van der Waals surface area contributed by atoms with Gasteiger partial charge in [-0.25, -0.2) is 5.84 Å². The molecule has 0 bridgehead atoms. The summed E-state index contributed by atoms with van der Waals surface area (Å²) >= 11 is 19.1. The number of aromatic nitrogens is 1. The van der Waals surface area contributed by atoms with Gasteiger partial charge in [-0.3, -0.25) is 0 Å². The maximum absolute atomic E-state index is 6.40. The van der Waals surface area contributed by atoms with Gasteiger partial charge in [0.05, 0.1) is 21.2 Å². The van der Waals surface area contributed by atoms with Crippen molar-refractivity contribution in [2.75, 3.05) is 18.0 Å². The average Bonchev–Trinajstić information content (AvgIpc) is 3.04. The van der Waals surface area contributed by atoms with Gasteiger partial charge in [-0.1, -0.05) is 40.9 Å². The molecule has 1 saturated heterocycles. The van der Waals surface area contributed by atoms with Gasteiger partial charge in [-0.2, -0.15) is 5.10 Å². The number of amidine groups is 1. The molecule has 0 aliphatic carbocycles. The first-order valence-electron chi connectivity index (χ1n) is 9.34. The lowest BCUT2D eigenvalue weighted by Crippen LogP contribution is -2.37. The van der Waals surface area contributed by atoms with Crippen LogP contribution in [-0.4, -0.2) is 23.5 Å². The molecule has 0 spiro atoms. The van der Waals surface area contributed by atoms with Crippen LogP contribution in [0.15, 0.2) is 41.5 Å². The lowest BCUT2D eigenvalue weighted by molar-refractivity contribution is 0.578. The van der Waals surface area contributed by atoms with E-state index >= 15 is 0 Å². The fourth-order valence-corrected chi connectivity index (χ4v) is 4.48. The van der Waals surface area contributed by atoms with Crippen molar-refractivity contribution in [3.8, 4) is 5.69 Å². The molecular formula is C20H21Cl3N6. The normalized spacial score (nSPS) is 15.2. The van der Waals surface area contributed by atoms with E-state index in [9.17, 15) is 0 Å². The Morgan fingerprint density at radius 3 is 2.38 bits per heavy atom. The van der Waals surface area contributed by atoms with Crippen LogP contribution < -0.4 is 22.0 Å². The summed E-state index contributed by atoms with van der Waals surface area (Å²) in [5.41, 5.74) is 6.07. The number of nitrogens with one attached hydrogen (secondary N) is 1. The van der Waals surface area contributed by atoms with Crippen molar-refractivity contribution in [2.24, 2.45) is 16.8 Å². The number of halogens is 3. The maximum atomic E-state index is 6.40. The number of piperidine rings is 1. The SMILES string of the molecule is N/N=C(\NN)c1c(N2CCCCC2)c2cc(Cl)c(Cl)cc2n1-c1cccc(Cl)c1. The molecule has 0 saturated carbocycles. The van der Waals surface area contributed by atoms with Gasteiger partial charge in [-0.05, 0) is 49.6 Å². The van der Waals surface area contributed by atoms with E-state index in [0.29, 0.717) is 20.9 Å². The minimum Gasteiger partial charge on any atom is -0.369 e. The van der Waals surface area contributed by atoms with Crippen molar-refractivity contribution >= 4 is 57.2 Å². The van der Waals surface area contributed by atoms with E-state index in [2.05, 4.69) is 15.4 Å². The largest absolute Gasteiger partial charge is 0.369 e. The summed E-state index contributed by atoms with van der Waals surface area (Å²) in [4.78, 5) is 2.33. The highest BCUT2D eigenvalue weighted by atomic mass is 35.5. The fraction of sp³-hybridized carbons (Fsp3) is 0.250. The van der Waals surface area contributed by atoms with E-state index in [1.54, 1.807) is 0 Å². The number of nitrogens with two attached hydrogens (primary N) is 2. The van der Waals surface area contributed by atoms with Gasteiger partial charge in [0.25, 0.3) is 0 Å². The summed E-state index contributed by atoms with van der Waals surface area (Å²) < 4.78 is 2.01. The predicted molar refractivity (Wildman–Crippen MR) is 122 cm³/mol. The van der Waals surface area contributed by atoms with Gasteiger partial charge in [-0.15, -0.1) is 0 Å². The van der Waals surface area contributed by atoms with Crippen LogP contribution in [0.3, 0.4) is 0 Å². The van der Waals surface area contributed by atoms with E-state index in [1.165, 1.54) is 6.42 Å². The van der Waals surface area contributed by atoms with E-state index in [0.717, 1.165) is 53.9 Å². The highest BCUT2D eigenvalue weighted by Gasteiger charge is 2.28. The van der Waals surface area contributed by atoms with E-state index in [1.807, 2.05) is 41.0 Å². The Morgan fingerprint density at radius 2 is 1.72 bits per heavy atom. The molecule has 29 heavy (non-hydrogen) atoms. The molecule has 5 N–H and O–H groups in total. The van der Waals surface area contributed by atoms with Crippen molar-refractivity contribution in [3.63, 3.8) is 0 Å². The van der Waals surface area contributed by atoms with Crippen LogP contribution in [0.5, 0.6) is 0 Å². The maximum Gasteiger partial charge on any atom is 0.186 e. The lowest BCUT2D eigenvalue weighted by atomic mass is 10.1. The predicted octanol–water partition coefficient (Wildman–Crippen LogP) is 4.66. The number of nitrogens with zero attached hydrogens (tertiary/aromatic N) is 3. The summed E-state index contributed by atoms with van der Waals surface area (Å²) in [7, 11) is 0. The van der Waals surface area contributed by atoms with Crippen molar-refractivity contribution in [1.82, 2.24) is 9.99 Å². The molecule has 6 nitrogen and oxygen atoms in total. The first kappa shape index (κ1) is 20.2. The van der Waals surface area contributed by atoms with Crippen LogP contribution in [0.1, 0.15) is 25.0 Å². The van der Waals surface area contributed by atoms with Crippen molar-refractivity contribution < 1.29 is 0 Å². The van der Waals surface area contributed by atoms with Crippen molar-refractivity contribution in [3.05, 3.63) is 57.2 Å². The summed E-state index contributed by atoms with van der Waals surface area (Å²) in [5.74, 6) is 11.9. The minimum absolute atomic E-state index is 0.356. The van der Waals surface area contributed by atoms with Gasteiger partial charge in [0.1, 0.15) is 5.69 Å². The molecule has 152 valence electrons. The Morgan fingerprint density at radius 1 is 1.00 bits per heavy atom. The summed E-state index contributed by atoms with van der Waals surface area (Å²) in [6.45, 7) is 1.84. The summed E-state index contributed by atoms with van der Waals surface area (Å²) in [6, 6.07) is 11.3. The Hall–Kier alpha value is -2.12. The first-order valence-corrected chi connectivity index (χ1v) is 10.5. The second-order valence-electron chi connectivity index (χ2n) is 6.97. The summed E-state index contributed by atoms with van der Waals surface area (Å²) in [5, 5.41) is 6.43. The monoisotopic (exact) mass is 450 g/mol. The number of hydrogen-bond donors (Lipinski definition) is 3. The third kappa shape index (κ3) is 3.62. The highest BCUT2D eigenvalue weighted by molar-refractivity contribution is 6.43. The van der Waals surface area contributed by atoms with Crippen LogP contribution in [-0.2, 0) is 0 Å². The number of anilines is 1. The molecule has 0 atom stereocenters. The molecule has 1 aliphatic heterocycles. The molecule has 0 amide bonds. The molecule has 1 aromatic heterocycles. The van der Waals surface area contributed by atoms with Gasteiger partial charge in [0.15, 0.2) is 5.84 Å². The zero-order valence-corrected chi connectivity index (χ0v) is 17.9. The van der Waals surface area contributed by atoms with Gasteiger partial charge in [0, 0.05) is 29.2 Å². The van der Waals surface area contributed by atoms with Crippen LogP contribution in [0.4, 0.5) is 5.69 Å². The highest BCUT2D eigenvalue weighted by Crippen LogP contribution is 2.41. The van der Waals surface area contributed by atoms with E-state index < -0.39 is 0 Å². The molecule has 0 radical (unpaired) electrons. The zero-order chi connectivity index (χ0) is 20.5. The number of hydrazone groups is 1. The average molecular weight is 452 g/mol. The molecule has 1 fully saturated rings. The molecule has 1 aliphatic rings. The van der Waals surface area contributed by atoms with Gasteiger partial charge >= 0.3 is 0 Å². The van der Waals surface area contributed by atoms with E-state index in [-0.39, 0.29) is 0 Å². The molecule has 9 heteroatoms. The third-order valence-electron chi connectivity index (χ3n) is 5.21. The Kier molecular flexibility index (Phi) is 5.79. The Bertz CT molecular complexity index is 1090. The molecule has 2 heterocycles. The molecule has 4 rings (SSSR count). The Balaban J connectivity index is 2.13. The number of fused-ring (bicyclic) bond motifs is 1. The van der Waals surface area contributed by atoms with Crippen LogP contribution >= 0.6 is 34.8 Å². The standard InChI is InChI=1S/C20H21Cl3N6/c21-12-5-4-6-13(9-12)29-17-11-16(23)15(22)10-14(17)18(19(29)20(26-24)27-25)28-7-2-1-3-8-28/h4-6,9-11H,1-3,7-8,24-25H2,(H,26,27). The fourth-order valence-electron chi connectivity index (χ4n) is 3.97. The molecular weight excluding hydrogens is 431 g/mol. The molecule has 2 aromatic carbocycles. The second kappa shape index (κ2) is 8.32. The van der Waals surface area contributed by atoms with Crippen LogP contribution in [0, 0.1) is 0 Å². The van der Waals surface area contributed by atoms with Crippen molar-refractivity contribution in [1.29, 1.82) is 0 Å². The summed E-state index contributed by atoms with van der Waals surface area (Å²) in [6.07, 6.45) is 3.42. The van der Waals surface area contributed by atoms with Crippen LogP contribution in [0.2, 0.25) is 15.1 Å². The number of rotatable bonds is 3. The number of hydrogen-bond acceptors (Lipinski definition) is 4. The minimum atomic E-state index is 0.356. The zero-order valence-electron chi connectivity index (χ0n) is 15.6. The van der Waals surface area contributed by atoms with Gasteiger partial charge in [0.2, 0.25) is 0 Å². The van der Waals surface area contributed by atoms with E-state index in [4.69, 9.17) is 46.5 Å². The number of benzene rings is 2. The topological polar surface area (TPSA) is 84.6 Å². The molecule has 0 unspecified atom stereocenters. The van der Waals surface area contributed by atoms with Crippen LogP contribution in [0.25, 0.3) is 16.6 Å². The van der Waals surface area contributed by atoms with Crippen molar-refractivity contribution in [2.45, 2.75) is 19.3 Å². The first-order chi connectivity index (χ1) is 14.0. The van der Waals surface area contributed by atoms with Gasteiger partial charge < -0.3 is 20.7 Å². The smallest absolute Gasteiger partial charge is 0.186 e. The molecule has 3 aromatic rings. The lowest BCUT2D eigenvalue weighted by Gasteiger charge is -2.30.